The molecule has 0 saturated heterocycles. The highest BCUT2D eigenvalue weighted by molar-refractivity contribution is 4.73. The molecule has 0 heterocycles. The van der Waals surface area contributed by atoms with Gasteiger partial charge in [0.1, 0.15) is 6.10 Å². The third-order valence-corrected chi connectivity index (χ3v) is 2.05. The first-order chi connectivity index (χ1) is 5.60. The van der Waals surface area contributed by atoms with Crippen LogP contribution in [0.2, 0.25) is 0 Å². The Labute approximate surface area is 73.1 Å². The van der Waals surface area contributed by atoms with Gasteiger partial charge in [-0.1, -0.05) is 0 Å². The van der Waals surface area contributed by atoms with Crippen molar-refractivity contribution in [1.29, 1.82) is 0 Å². The van der Waals surface area contributed by atoms with Crippen LogP contribution in [0.15, 0.2) is 0 Å². The molecule has 0 fully saturated rings. The lowest BCUT2D eigenvalue weighted by molar-refractivity contribution is -0.248. The zero-order chi connectivity index (χ0) is 9.61. The van der Waals surface area contributed by atoms with Crippen molar-refractivity contribution in [3.8, 4) is 0 Å². The highest BCUT2D eigenvalue weighted by atomic mass is 16.7. The van der Waals surface area contributed by atoms with Crippen molar-refractivity contribution in [2.45, 2.75) is 31.7 Å². The molecule has 12 heavy (non-hydrogen) atoms. The van der Waals surface area contributed by atoms with Crippen LogP contribution in [0.3, 0.4) is 0 Å². The standard InChI is InChI=1S/C8H18O4/c1-8(11-2,12-3)7(10)5-4-6-9/h7,9-10H,4-6H2,1-3H3. The molecule has 0 amide bonds. The summed E-state index contributed by atoms with van der Waals surface area (Å²) in [7, 11) is 2.96. The molecule has 0 rings (SSSR count). The quantitative estimate of drug-likeness (QED) is 0.567. The van der Waals surface area contributed by atoms with E-state index in [9.17, 15) is 5.11 Å². The van der Waals surface area contributed by atoms with Crippen molar-refractivity contribution in [2.75, 3.05) is 20.8 Å². The van der Waals surface area contributed by atoms with E-state index in [0.29, 0.717) is 12.8 Å². The Balaban J connectivity index is 3.93. The van der Waals surface area contributed by atoms with Gasteiger partial charge >= 0.3 is 0 Å². The van der Waals surface area contributed by atoms with Gasteiger partial charge in [0.15, 0.2) is 5.79 Å². The molecular weight excluding hydrogens is 160 g/mol. The van der Waals surface area contributed by atoms with Crippen LogP contribution in [0, 0.1) is 0 Å². The zero-order valence-electron chi connectivity index (χ0n) is 7.91. The molecule has 0 aliphatic rings. The maximum Gasteiger partial charge on any atom is 0.190 e. The minimum absolute atomic E-state index is 0.0700. The molecule has 4 nitrogen and oxygen atoms in total. The van der Waals surface area contributed by atoms with Gasteiger partial charge in [-0.25, -0.2) is 0 Å². The van der Waals surface area contributed by atoms with Gasteiger partial charge in [-0.3, -0.25) is 0 Å². The maximum absolute atomic E-state index is 9.54. The molecule has 0 aromatic rings. The summed E-state index contributed by atoms with van der Waals surface area (Å²) in [6.07, 6.45) is 0.303. The lowest BCUT2D eigenvalue weighted by Crippen LogP contribution is -2.43. The Bertz CT molecular complexity index is 112. The molecule has 4 heteroatoms. The summed E-state index contributed by atoms with van der Waals surface area (Å²) in [5.74, 6) is -0.963. The second kappa shape index (κ2) is 5.48. The van der Waals surface area contributed by atoms with Crippen molar-refractivity contribution in [3.63, 3.8) is 0 Å². The van der Waals surface area contributed by atoms with Crippen molar-refractivity contribution in [3.05, 3.63) is 0 Å². The smallest absolute Gasteiger partial charge is 0.190 e. The summed E-state index contributed by atoms with van der Waals surface area (Å²) in [4.78, 5) is 0. The highest BCUT2D eigenvalue weighted by Crippen LogP contribution is 2.18. The topological polar surface area (TPSA) is 58.9 Å². The van der Waals surface area contributed by atoms with Crippen LogP contribution < -0.4 is 0 Å². The SMILES string of the molecule is COC(C)(OC)C(O)CCCO. The summed E-state index contributed by atoms with van der Waals surface area (Å²) >= 11 is 0. The molecule has 0 saturated carbocycles. The van der Waals surface area contributed by atoms with Gasteiger partial charge in [-0.2, -0.15) is 0 Å². The number of hydrogen-bond donors (Lipinski definition) is 2. The summed E-state index contributed by atoms with van der Waals surface area (Å²) in [6.45, 7) is 1.73. The number of hydrogen-bond acceptors (Lipinski definition) is 4. The molecule has 0 aromatic carbocycles. The second-order valence-electron chi connectivity index (χ2n) is 2.81. The second-order valence-corrected chi connectivity index (χ2v) is 2.81. The largest absolute Gasteiger partial charge is 0.396 e. The van der Waals surface area contributed by atoms with E-state index in [1.165, 1.54) is 14.2 Å². The third-order valence-electron chi connectivity index (χ3n) is 2.05. The maximum atomic E-state index is 9.54. The Morgan fingerprint density at radius 3 is 2.17 bits per heavy atom. The van der Waals surface area contributed by atoms with E-state index in [1.807, 2.05) is 0 Å². The minimum Gasteiger partial charge on any atom is -0.396 e. The van der Waals surface area contributed by atoms with Gasteiger partial charge in [-0.05, 0) is 19.8 Å². The van der Waals surface area contributed by atoms with Crippen LogP contribution in [-0.2, 0) is 9.47 Å². The van der Waals surface area contributed by atoms with Crippen molar-refractivity contribution >= 4 is 0 Å². The van der Waals surface area contributed by atoms with Gasteiger partial charge in [0.2, 0.25) is 0 Å². The van der Waals surface area contributed by atoms with E-state index in [2.05, 4.69) is 0 Å². The first-order valence-electron chi connectivity index (χ1n) is 4.00. The first kappa shape index (κ1) is 11.8. The average molecular weight is 178 g/mol. The Hall–Kier alpha value is -0.160. The molecule has 0 aliphatic carbocycles. The Kier molecular flexibility index (Phi) is 5.41. The fourth-order valence-electron chi connectivity index (χ4n) is 0.902. The van der Waals surface area contributed by atoms with Gasteiger partial charge in [0.25, 0.3) is 0 Å². The first-order valence-corrected chi connectivity index (χ1v) is 4.00. The predicted octanol–water partition coefficient (Wildman–Crippen LogP) is 0.129. The Morgan fingerprint density at radius 1 is 1.33 bits per heavy atom. The van der Waals surface area contributed by atoms with E-state index >= 15 is 0 Å². The van der Waals surface area contributed by atoms with Gasteiger partial charge in [0, 0.05) is 20.8 Å². The summed E-state index contributed by atoms with van der Waals surface area (Å²) in [5, 5.41) is 18.1. The van der Waals surface area contributed by atoms with E-state index in [4.69, 9.17) is 14.6 Å². The van der Waals surface area contributed by atoms with E-state index in [-0.39, 0.29) is 6.61 Å². The number of ether oxygens (including phenoxy) is 2. The lowest BCUT2D eigenvalue weighted by atomic mass is 10.1. The number of aliphatic hydroxyl groups excluding tert-OH is 2. The fourth-order valence-corrected chi connectivity index (χ4v) is 0.902. The predicted molar refractivity (Wildman–Crippen MR) is 44.7 cm³/mol. The minimum atomic E-state index is -0.963. The number of methoxy groups -OCH3 is 2. The monoisotopic (exact) mass is 178 g/mol. The van der Waals surface area contributed by atoms with Crippen molar-refractivity contribution < 1.29 is 19.7 Å². The van der Waals surface area contributed by atoms with Gasteiger partial charge in [-0.15, -0.1) is 0 Å². The average Bonchev–Trinajstić information content (AvgIpc) is 2.12. The molecule has 2 N–H and O–H groups in total. The summed E-state index contributed by atoms with van der Waals surface area (Å²) in [6, 6.07) is 0. The summed E-state index contributed by atoms with van der Waals surface area (Å²) in [5.41, 5.74) is 0. The van der Waals surface area contributed by atoms with E-state index < -0.39 is 11.9 Å². The highest BCUT2D eigenvalue weighted by Gasteiger charge is 2.32. The molecule has 1 unspecified atom stereocenters. The van der Waals surface area contributed by atoms with E-state index in [1.54, 1.807) is 6.92 Å². The van der Waals surface area contributed by atoms with Crippen molar-refractivity contribution in [2.24, 2.45) is 0 Å². The molecule has 0 aromatic heterocycles. The van der Waals surface area contributed by atoms with Crippen LogP contribution in [0.5, 0.6) is 0 Å². The number of aliphatic hydroxyl groups is 2. The van der Waals surface area contributed by atoms with Crippen LogP contribution in [0.1, 0.15) is 19.8 Å². The van der Waals surface area contributed by atoms with Crippen molar-refractivity contribution in [1.82, 2.24) is 0 Å². The molecule has 0 radical (unpaired) electrons. The molecule has 0 spiro atoms. The zero-order valence-corrected chi connectivity index (χ0v) is 7.91. The van der Waals surface area contributed by atoms with Crippen LogP contribution >= 0.6 is 0 Å². The number of rotatable bonds is 6. The summed E-state index contributed by atoms with van der Waals surface area (Å²) < 4.78 is 9.98. The van der Waals surface area contributed by atoms with Crippen LogP contribution in [0.4, 0.5) is 0 Å². The van der Waals surface area contributed by atoms with Crippen LogP contribution in [0.25, 0.3) is 0 Å². The van der Waals surface area contributed by atoms with Gasteiger partial charge < -0.3 is 19.7 Å². The molecular formula is C8H18O4. The normalized spacial score (nSPS) is 14.8. The molecule has 74 valence electrons. The molecule has 1 atom stereocenters. The Morgan fingerprint density at radius 2 is 1.83 bits per heavy atom. The fraction of sp³-hybridized carbons (Fsp3) is 1.00. The lowest BCUT2D eigenvalue weighted by Gasteiger charge is -2.31. The van der Waals surface area contributed by atoms with Gasteiger partial charge in [0.05, 0.1) is 0 Å². The molecule has 0 bridgehead atoms. The molecule has 0 aliphatic heterocycles. The van der Waals surface area contributed by atoms with E-state index in [0.717, 1.165) is 0 Å². The van der Waals surface area contributed by atoms with Crippen LogP contribution in [-0.4, -0.2) is 42.9 Å². The third kappa shape index (κ3) is 3.06.